The summed E-state index contributed by atoms with van der Waals surface area (Å²) in [7, 11) is 0. The summed E-state index contributed by atoms with van der Waals surface area (Å²) in [6.07, 6.45) is 0. The van der Waals surface area contributed by atoms with Crippen molar-refractivity contribution in [1.29, 1.82) is 0 Å². The first-order valence-electron chi connectivity index (χ1n) is 6.37. The van der Waals surface area contributed by atoms with Gasteiger partial charge in [-0.3, -0.25) is 9.78 Å². The summed E-state index contributed by atoms with van der Waals surface area (Å²) in [5.74, 6) is 0.129. The van der Waals surface area contributed by atoms with Crippen molar-refractivity contribution in [2.45, 2.75) is 25.7 Å². The molecule has 1 heterocycles. The predicted octanol–water partition coefficient (Wildman–Crippen LogP) is 4.27. The number of hydrogen-bond donors (Lipinski definition) is 0. The van der Waals surface area contributed by atoms with Crippen LogP contribution in [-0.4, -0.2) is 23.3 Å². The molecule has 0 fully saturated rings. The van der Waals surface area contributed by atoms with E-state index in [2.05, 4.69) is 27.0 Å². The minimum atomic E-state index is -0.188. The maximum absolute atomic E-state index is 11.5. The van der Waals surface area contributed by atoms with Gasteiger partial charge in [-0.2, -0.15) is 0 Å². The van der Waals surface area contributed by atoms with Crippen LogP contribution in [0, 0.1) is 13.8 Å². The molecule has 0 amide bonds. The van der Waals surface area contributed by atoms with Crippen molar-refractivity contribution >= 4 is 44.6 Å². The summed E-state index contributed by atoms with van der Waals surface area (Å²) >= 11 is 5.01. The molecule has 0 N–H and O–H groups in total. The Kier molecular flexibility index (Phi) is 5.05. The Labute approximate surface area is 131 Å². The minimum absolute atomic E-state index is 0.188. The van der Waals surface area contributed by atoms with E-state index >= 15 is 0 Å². The molecule has 0 bridgehead atoms. The van der Waals surface area contributed by atoms with E-state index in [-0.39, 0.29) is 5.97 Å². The van der Waals surface area contributed by atoms with Crippen LogP contribution in [0.25, 0.3) is 10.9 Å². The van der Waals surface area contributed by atoms with Crippen LogP contribution in [0.4, 0.5) is 0 Å². The number of carbonyl (C=O) groups excluding carboxylic acids is 1. The van der Waals surface area contributed by atoms with Crippen LogP contribution in [0.2, 0.25) is 0 Å². The Bertz CT molecular complexity index is 658. The molecule has 0 saturated carbocycles. The lowest BCUT2D eigenvalue weighted by atomic mass is 10.1. The first-order chi connectivity index (χ1) is 9.51. The van der Waals surface area contributed by atoms with Crippen molar-refractivity contribution in [3.05, 3.63) is 33.9 Å². The maximum Gasteiger partial charge on any atom is 0.316 e. The SMILES string of the molecule is CCOC(=O)CSc1cc(C)nc2c(C)cc(Br)cc12. The highest BCUT2D eigenvalue weighted by molar-refractivity contribution is 9.10. The summed E-state index contributed by atoms with van der Waals surface area (Å²) in [6.45, 7) is 6.24. The lowest BCUT2D eigenvalue weighted by molar-refractivity contribution is -0.139. The first-order valence-corrected chi connectivity index (χ1v) is 8.15. The third kappa shape index (κ3) is 3.52. The van der Waals surface area contributed by atoms with Crippen LogP contribution in [0.1, 0.15) is 18.2 Å². The Morgan fingerprint density at radius 3 is 2.80 bits per heavy atom. The van der Waals surface area contributed by atoms with E-state index in [0.717, 1.165) is 31.5 Å². The van der Waals surface area contributed by atoms with Crippen molar-refractivity contribution in [2.24, 2.45) is 0 Å². The average molecular weight is 354 g/mol. The molecule has 2 rings (SSSR count). The third-order valence-electron chi connectivity index (χ3n) is 2.81. The molecule has 0 radical (unpaired) electrons. The van der Waals surface area contributed by atoms with Crippen molar-refractivity contribution in [3.63, 3.8) is 0 Å². The van der Waals surface area contributed by atoms with Gasteiger partial charge in [0.2, 0.25) is 0 Å². The largest absolute Gasteiger partial charge is 0.465 e. The number of aromatic nitrogens is 1. The van der Waals surface area contributed by atoms with Gasteiger partial charge in [-0.1, -0.05) is 15.9 Å². The predicted molar refractivity (Wildman–Crippen MR) is 86.3 cm³/mol. The zero-order valence-electron chi connectivity index (χ0n) is 11.7. The fourth-order valence-electron chi connectivity index (χ4n) is 2.01. The van der Waals surface area contributed by atoms with E-state index < -0.39 is 0 Å². The fraction of sp³-hybridized carbons (Fsp3) is 0.333. The van der Waals surface area contributed by atoms with Gasteiger partial charge in [0.15, 0.2) is 0 Å². The van der Waals surface area contributed by atoms with Crippen LogP contribution in [-0.2, 0) is 9.53 Å². The molecule has 1 aromatic carbocycles. The third-order valence-corrected chi connectivity index (χ3v) is 4.30. The molecule has 0 unspecified atom stereocenters. The van der Waals surface area contributed by atoms with E-state index in [1.54, 1.807) is 0 Å². The van der Waals surface area contributed by atoms with E-state index in [1.165, 1.54) is 11.8 Å². The number of rotatable bonds is 4. The van der Waals surface area contributed by atoms with E-state index in [9.17, 15) is 4.79 Å². The van der Waals surface area contributed by atoms with Crippen LogP contribution in [0.5, 0.6) is 0 Å². The average Bonchev–Trinajstić information content (AvgIpc) is 2.37. The lowest BCUT2D eigenvalue weighted by Gasteiger charge is -2.10. The highest BCUT2D eigenvalue weighted by atomic mass is 79.9. The van der Waals surface area contributed by atoms with Crippen molar-refractivity contribution in [1.82, 2.24) is 4.98 Å². The summed E-state index contributed by atoms with van der Waals surface area (Å²) < 4.78 is 5.99. The molecule has 0 aliphatic rings. The smallest absolute Gasteiger partial charge is 0.316 e. The van der Waals surface area contributed by atoms with E-state index in [0.29, 0.717) is 12.4 Å². The lowest BCUT2D eigenvalue weighted by Crippen LogP contribution is -2.06. The van der Waals surface area contributed by atoms with E-state index in [1.807, 2.05) is 32.9 Å². The van der Waals surface area contributed by atoms with Gasteiger partial charge in [-0.25, -0.2) is 0 Å². The standard InChI is InChI=1S/C15H16BrNO2S/c1-4-19-14(18)8-20-13-6-10(3)17-15-9(2)5-11(16)7-12(13)15/h5-7H,4,8H2,1-3H3. The Morgan fingerprint density at radius 1 is 1.35 bits per heavy atom. The second-order valence-electron chi connectivity index (χ2n) is 4.47. The number of thioether (sulfide) groups is 1. The highest BCUT2D eigenvalue weighted by Gasteiger charge is 2.10. The van der Waals surface area contributed by atoms with Gasteiger partial charge in [0.1, 0.15) is 0 Å². The second kappa shape index (κ2) is 6.59. The normalized spacial score (nSPS) is 10.8. The molecule has 2 aromatic rings. The number of aryl methyl sites for hydroxylation is 2. The Hall–Kier alpha value is -1.07. The molecular weight excluding hydrogens is 338 g/mol. The van der Waals surface area contributed by atoms with Crippen molar-refractivity contribution in [2.75, 3.05) is 12.4 Å². The highest BCUT2D eigenvalue weighted by Crippen LogP contribution is 2.32. The number of esters is 1. The van der Waals surface area contributed by atoms with Gasteiger partial charge in [0.05, 0.1) is 17.9 Å². The molecule has 0 aliphatic carbocycles. The minimum Gasteiger partial charge on any atom is -0.465 e. The van der Waals surface area contributed by atoms with Crippen LogP contribution in [0.3, 0.4) is 0 Å². The van der Waals surface area contributed by atoms with Gasteiger partial charge < -0.3 is 4.74 Å². The quantitative estimate of drug-likeness (QED) is 0.607. The van der Waals surface area contributed by atoms with Crippen LogP contribution >= 0.6 is 27.7 Å². The topological polar surface area (TPSA) is 39.2 Å². The summed E-state index contributed by atoms with van der Waals surface area (Å²) in [5, 5.41) is 1.07. The number of carbonyl (C=O) groups is 1. The molecule has 0 spiro atoms. The molecule has 20 heavy (non-hydrogen) atoms. The zero-order valence-corrected chi connectivity index (χ0v) is 14.1. The van der Waals surface area contributed by atoms with Crippen molar-refractivity contribution in [3.8, 4) is 0 Å². The van der Waals surface area contributed by atoms with Gasteiger partial charge in [-0.15, -0.1) is 11.8 Å². The van der Waals surface area contributed by atoms with Gasteiger partial charge in [-0.05, 0) is 44.5 Å². The molecule has 0 saturated heterocycles. The van der Waals surface area contributed by atoms with Gasteiger partial charge in [0.25, 0.3) is 0 Å². The molecule has 3 nitrogen and oxygen atoms in total. The number of pyridine rings is 1. The number of hydrogen-bond acceptors (Lipinski definition) is 4. The molecule has 0 aliphatic heterocycles. The molecule has 1 aromatic heterocycles. The number of ether oxygens (including phenoxy) is 1. The van der Waals surface area contributed by atoms with Crippen LogP contribution in [0.15, 0.2) is 27.6 Å². The number of halogens is 1. The molecule has 0 atom stereocenters. The van der Waals surface area contributed by atoms with Crippen molar-refractivity contribution < 1.29 is 9.53 Å². The second-order valence-corrected chi connectivity index (χ2v) is 6.41. The summed E-state index contributed by atoms with van der Waals surface area (Å²) in [4.78, 5) is 17.2. The number of fused-ring (bicyclic) bond motifs is 1. The monoisotopic (exact) mass is 353 g/mol. The number of nitrogens with zero attached hydrogens (tertiary/aromatic N) is 1. The first kappa shape index (κ1) is 15.3. The summed E-state index contributed by atoms with van der Waals surface area (Å²) in [5.41, 5.74) is 3.06. The Morgan fingerprint density at radius 2 is 2.10 bits per heavy atom. The van der Waals surface area contributed by atoms with E-state index in [4.69, 9.17) is 4.74 Å². The van der Waals surface area contributed by atoms with Crippen LogP contribution < -0.4 is 0 Å². The van der Waals surface area contributed by atoms with Gasteiger partial charge >= 0.3 is 5.97 Å². The molecule has 106 valence electrons. The molecular formula is C15H16BrNO2S. The molecule has 5 heteroatoms. The Balaban J connectivity index is 2.39. The maximum atomic E-state index is 11.5. The fourth-order valence-corrected chi connectivity index (χ4v) is 3.50. The van der Waals surface area contributed by atoms with Gasteiger partial charge in [0, 0.05) is 20.4 Å². The zero-order chi connectivity index (χ0) is 14.7. The number of benzene rings is 1. The summed E-state index contributed by atoms with van der Waals surface area (Å²) in [6, 6.07) is 6.11.